The molecule has 0 heterocycles. The number of hydrogen-bond acceptors (Lipinski definition) is 2. The van der Waals surface area contributed by atoms with Crippen molar-refractivity contribution in [2.24, 2.45) is 0 Å². The van der Waals surface area contributed by atoms with Crippen molar-refractivity contribution >= 4 is 0 Å². The Hall–Kier alpha value is -1.14. The monoisotopic (exact) mass is 252 g/mol. The molecule has 0 bridgehead atoms. The summed E-state index contributed by atoms with van der Waals surface area (Å²) in [5, 5.41) is 9.49. The second-order valence-corrected chi connectivity index (χ2v) is 3.41. The van der Waals surface area contributed by atoms with Gasteiger partial charge < -0.3 is 9.84 Å². The summed E-state index contributed by atoms with van der Waals surface area (Å²) >= 11 is 0. The van der Waals surface area contributed by atoms with Crippen LogP contribution in [0.2, 0.25) is 0 Å². The van der Waals surface area contributed by atoms with Crippen molar-refractivity contribution in [2.45, 2.75) is 19.2 Å². The highest BCUT2D eigenvalue weighted by atomic mass is 19.4. The zero-order valence-electron chi connectivity index (χ0n) is 9.09. The normalized spacial score (nSPS) is 13.8. The Morgan fingerprint density at radius 2 is 2.00 bits per heavy atom. The Kier molecular flexibility index (Phi) is 4.47. The molecule has 0 amide bonds. The van der Waals surface area contributed by atoms with Gasteiger partial charge in [-0.05, 0) is 25.1 Å². The van der Waals surface area contributed by atoms with Crippen LogP contribution in [-0.2, 0) is 10.9 Å². The Morgan fingerprint density at radius 3 is 2.53 bits per heavy atom. The van der Waals surface area contributed by atoms with Crippen molar-refractivity contribution in [1.82, 2.24) is 0 Å². The van der Waals surface area contributed by atoms with Crippen molar-refractivity contribution in [3.05, 3.63) is 35.1 Å². The molecule has 0 aliphatic heterocycles. The van der Waals surface area contributed by atoms with Crippen LogP contribution in [0.25, 0.3) is 0 Å². The van der Waals surface area contributed by atoms with E-state index in [1.165, 1.54) is 0 Å². The van der Waals surface area contributed by atoms with Crippen molar-refractivity contribution < 1.29 is 27.4 Å². The van der Waals surface area contributed by atoms with Crippen LogP contribution in [-0.4, -0.2) is 18.3 Å². The number of ether oxygens (including phenoxy) is 1. The van der Waals surface area contributed by atoms with Gasteiger partial charge >= 0.3 is 6.18 Å². The minimum absolute atomic E-state index is 0.241. The summed E-state index contributed by atoms with van der Waals surface area (Å²) in [5.41, 5.74) is -1.40. The summed E-state index contributed by atoms with van der Waals surface area (Å²) in [6.07, 6.45) is -5.97. The zero-order valence-corrected chi connectivity index (χ0v) is 9.09. The summed E-state index contributed by atoms with van der Waals surface area (Å²) in [6.45, 7) is 1.71. The topological polar surface area (TPSA) is 29.5 Å². The van der Waals surface area contributed by atoms with Crippen molar-refractivity contribution in [3.8, 4) is 0 Å². The number of aliphatic hydroxyl groups is 1. The highest BCUT2D eigenvalue weighted by Crippen LogP contribution is 2.31. The van der Waals surface area contributed by atoms with Crippen LogP contribution in [0.4, 0.5) is 17.6 Å². The molecule has 0 saturated carbocycles. The molecule has 2 nitrogen and oxygen atoms in total. The lowest BCUT2D eigenvalue weighted by molar-refractivity contribution is -0.137. The molecule has 1 aromatic rings. The quantitative estimate of drug-likeness (QED) is 0.835. The molecule has 0 radical (unpaired) electrons. The maximum Gasteiger partial charge on any atom is 0.416 e. The average molecular weight is 252 g/mol. The first kappa shape index (κ1) is 13.9. The fourth-order valence-corrected chi connectivity index (χ4v) is 1.29. The molecule has 1 atom stereocenters. The number of benzene rings is 1. The SMILES string of the molecule is CCOCC(O)c1cc(C(F)(F)F)ccc1F. The summed E-state index contributed by atoms with van der Waals surface area (Å²) in [6, 6.07) is 1.92. The maximum absolute atomic E-state index is 13.3. The highest BCUT2D eigenvalue weighted by molar-refractivity contribution is 5.28. The molecule has 6 heteroatoms. The van der Waals surface area contributed by atoms with Gasteiger partial charge in [-0.25, -0.2) is 4.39 Å². The Bertz CT molecular complexity index is 376. The van der Waals surface area contributed by atoms with E-state index in [2.05, 4.69) is 0 Å². The van der Waals surface area contributed by atoms with Crippen LogP contribution >= 0.6 is 0 Å². The molecule has 1 unspecified atom stereocenters. The first-order valence-electron chi connectivity index (χ1n) is 4.98. The highest BCUT2D eigenvalue weighted by Gasteiger charge is 2.31. The lowest BCUT2D eigenvalue weighted by Crippen LogP contribution is -2.12. The minimum atomic E-state index is -4.56. The van der Waals surface area contributed by atoms with E-state index in [0.717, 1.165) is 0 Å². The fraction of sp³-hybridized carbons (Fsp3) is 0.455. The lowest BCUT2D eigenvalue weighted by atomic mass is 10.1. The van der Waals surface area contributed by atoms with Gasteiger partial charge in [0, 0.05) is 12.2 Å². The summed E-state index contributed by atoms with van der Waals surface area (Å²) in [5.74, 6) is -0.884. The van der Waals surface area contributed by atoms with E-state index in [-0.39, 0.29) is 13.2 Å². The first-order valence-corrected chi connectivity index (χ1v) is 4.98. The van der Waals surface area contributed by atoms with E-state index in [1.807, 2.05) is 0 Å². The molecule has 1 aromatic carbocycles. The van der Waals surface area contributed by atoms with E-state index in [0.29, 0.717) is 18.2 Å². The van der Waals surface area contributed by atoms with Gasteiger partial charge in [0.25, 0.3) is 0 Å². The Morgan fingerprint density at radius 1 is 1.35 bits per heavy atom. The molecular formula is C11H12F4O2. The van der Waals surface area contributed by atoms with Crippen molar-refractivity contribution in [1.29, 1.82) is 0 Å². The molecule has 0 aliphatic rings. The third-order valence-corrected chi connectivity index (χ3v) is 2.16. The summed E-state index contributed by atoms with van der Waals surface area (Å²) in [7, 11) is 0. The Balaban J connectivity index is 2.98. The number of rotatable bonds is 4. The molecule has 0 aromatic heterocycles. The number of aliphatic hydroxyl groups excluding tert-OH is 1. The van der Waals surface area contributed by atoms with Gasteiger partial charge in [0.05, 0.1) is 12.2 Å². The van der Waals surface area contributed by atoms with Crippen LogP contribution in [0.15, 0.2) is 18.2 Å². The molecule has 1 rings (SSSR count). The third kappa shape index (κ3) is 3.67. The smallest absolute Gasteiger partial charge is 0.386 e. The standard InChI is InChI=1S/C11H12F4O2/c1-2-17-6-10(16)8-5-7(11(13,14)15)3-4-9(8)12/h3-5,10,16H,2,6H2,1H3. The van der Waals surface area contributed by atoms with Crippen LogP contribution < -0.4 is 0 Å². The van der Waals surface area contributed by atoms with E-state index in [1.54, 1.807) is 6.92 Å². The van der Waals surface area contributed by atoms with Crippen LogP contribution in [0.3, 0.4) is 0 Å². The number of halogens is 4. The minimum Gasteiger partial charge on any atom is -0.386 e. The van der Waals surface area contributed by atoms with E-state index in [4.69, 9.17) is 4.74 Å². The molecule has 0 aliphatic carbocycles. The molecule has 1 N–H and O–H groups in total. The van der Waals surface area contributed by atoms with Crippen LogP contribution in [0.1, 0.15) is 24.2 Å². The molecular weight excluding hydrogens is 240 g/mol. The molecule has 0 saturated heterocycles. The van der Waals surface area contributed by atoms with Gasteiger partial charge in [0.2, 0.25) is 0 Å². The van der Waals surface area contributed by atoms with Gasteiger partial charge in [0.1, 0.15) is 11.9 Å². The number of hydrogen-bond donors (Lipinski definition) is 1. The summed E-state index contributed by atoms with van der Waals surface area (Å²) in [4.78, 5) is 0. The second-order valence-electron chi connectivity index (χ2n) is 3.41. The third-order valence-electron chi connectivity index (χ3n) is 2.16. The van der Waals surface area contributed by atoms with Gasteiger partial charge in [0.15, 0.2) is 0 Å². The average Bonchev–Trinajstić information content (AvgIpc) is 2.24. The van der Waals surface area contributed by atoms with Gasteiger partial charge in [-0.1, -0.05) is 0 Å². The number of alkyl halides is 3. The van der Waals surface area contributed by atoms with Gasteiger partial charge in [-0.3, -0.25) is 0 Å². The van der Waals surface area contributed by atoms with Crippen molar-refractivity contribution in [3.63, 3.8) is 0 Å². The first-order chi connectivity index (χ1) is 7.86. The predicted molar refractivity (Wildman–Crippen MR) is 52.9 cm³/mol. The largest absolute Gasteiger partial charge is 0.416 e. The van der Waals surface area contributed by atoms with Gasteiger partial charge in [-0.2, -0.15) is 13.2 Å². The summed E-state index contributed by atoms with van der Waals surface area (Å²) < 4.78 is 55.2. The predicted octanol–water partition coefficient (Wildman–Crippen LogP) is 2.91. The van der Waals surface area contributed by atoms with Crippen LogP contribution in [0.5, 0.6) is 0 Å². The molecule has 17 heavy (non-hydrogen) atoms. The van der Waals surface area contributed by atoms with E-state index in [9.17, 15) is 22.7 Å². The molecule has 0 spiro atoms. The lowest BCUT2D eigenvalue weighted by Gasteiger charge is -2.14. The molecule has 96 valence electrons. The Labute approximate surface area is 95.8 Å². The van der Waals surface area contributed by atoms with Gasteiger partial charge in [-0.15, -0.1) is 0 Å². The van der Waals surface area contributed by atoms with E-state index < -0.39 is 29.2 Å². The van der Waals surface area contributed by atoms with Crippen LogP contribution in [0, 0.1) is 5.82 Å². The van der Waals surface area contributed by atoms with E-state index >= 15 is 0 Å². The zero-order chi connectivity index (χ0) is 13.1. The fourth-order valence-electron chi connectivity index (χ4n) is 1.29. The molecule has 0 fully saturated rings. The maximum atomic E-state index is 13.3. The van der Waals surface area contributed by atoms with Crippen molar-refractivity contribution in [2.75, 3.05) is 13.2 Å². The second kappa shape index (κ2) is 5.46.